The Balaban J connectivity index is 2.25. The lowest BCUT2D eigenvalue weighted by atomic mass is 9.83. The van der Waals surface area contributed by atoms with Crippen molar-refractivity contribution in [1.82, 2.24) is 10.8 Å². The standard InChI is InChI=1S/C27H36N2O6/c1-26(2,3)35-24(31)22(18-20-14-9-6-10-15-20)28-23(30)21(27(4,33)25(32)29-34)17-11-16-19-12-7-5-8-13-19/h5-10,12-15,21-22,33-34H,11,16-18H2,1-4H3,(H,28,30)(H,29,32)/t21-,22-,27+/m0/s1. The third-order valence-electron chi connectivity index (χ3n) is 5.65. The highest BCUT2D eigenvalue weighted by Gasteiger charge is 2.44. The second-order valence-corrected chi connectivity index (χ2v) is 9.80. The van der Waals surface area contributed by atoms with Crippen molar-refractivity contribution in [3.63, 3.8) is 0 Å². The Bertz CT molecular complexity index is 970. The zero-order valence-corrected chi connectivity index (χ0v) is 20.8. The van der Waals surface area contributed by atoms with Gasteiger partial charge in [-0.2, -0.15) is 0 Å². The number of hydrogen-bond acceptors (Lipinski definition) is 6. The van der Waals surface area contributed by atoms with E-state index in [1.54, 1.807) is 20.8 Å². The summed E-state index contributed by atoms with van der Waals surface area (Å²) in [7, 11) is 0. The zero-order chi connectivity index (χ0) is 26.1. The maximum absolute atomic E-state index is 13.4. The molecule has 0 aliphatic heterocycles. The first-order valence-electron chi connectivity index (χ1n) is 11.7. The molecule has 8 nitrogen and oxygen atoms in total. The summed E-state index contributed by atoms with van der Waals surface area (Å²) in [6, 6.07) is 17.7. The predicted molar refractivity (Wildman–Crippen MR) is 131 cm³/mol. The number of aliphatic hydroxyl groups is 1. The molecule has 0 spiro atoms. The first kappa shape index (κ1) is 28.0. The van der Waals surface area contributed by atoms with Crippen LogP contribution in [0.2, 0.25) is 0 Å². The van der Waals surface area contributed by atoms with E-state index in [0.29, 0.717) is 12.8 Å². The predicted octanol–water partition coefficient (Wildman–Crippen LogP) is 2.95. The van der Waals surface area contributed by atoms with Crippen molar-refractivity contribution in [2.45, 2.75) is 70.6 Å². The van der Waals surface area contributed by atoms with Crippen LogP contribution in [0.1, 0.15) is 51.7 Å². The van der Waals surface area contributed by atoms with Gasteiger partial charge in [0.25, 0.3) is 5.91 Å². The Morgan fingerprint density at radius 3 is 1.97 bits per heavy atom. The van der Waals surface area contributed by atoms with Crippen LogP contribution in [0.3, 0.4) is 0 Å². The molecule has 0 saturated heterocycles. The lowest BCUT2D eigenvalue weighted by molar-refractivity contribution is -0.162. The molecule has 2 rings (SSSR count). The van der Waals surface area contributed by atoms with Gasteiger partial charge < -0.3 is 15.2 Å². The van der Waals surface area contributed by atoms with Gasteiger partial charge in [0.2, 0.25) is 5.91 Å². The fraction of sp³-hybridized carbons (Fsp3) is 0.444. The van der Waals surface area contributed by atoms with Crippen molar-refractivity contribution in [1.29, 1.82) is 0 Å². The van der Waals surface area contributed by atoms with E-state index >= 15 is 0 Å². The number of hydrogen-bond donors (Lipinski definition) is 4. The van der Waals surface area contributed by atoms with Crippen molar-refractivity contribution in [2.24, 2.45) is 5.92 Å². The van der Waals surface area contributed by atoms with Crippen molar-refractivity contribution in [3.05, 3.63) is 71.8 Å². The van der Waals surface area contributed by atoms with Gasteiger partial charge in [0.15, 0.2) is 5.60 Å². The number of rotatable bonds is 11. The highest BCUT2D eigenvalue weighted by Crippen LogP contribution is 2.25. The lowest BCUT2D eigenvalue weighted by Gasteiger charge is -2.32. The van der Waals surface area contributed by atoms with Crippen molar-refractivity contribution in [3.8, 4) is 0 Å². The Morgan fingerprint density at radius 1 is 0.914 bits per heavy atom. The van der Waals surface area contributed by atoms with Gasteiger partial charge in [0, 0.05) is 6.42 Å². The summed E-state index contributed by atoms with van der Waals surface area (Å²) in [6.07, 6.45) is 1.44. The number of aryl methyl sites for hydroxylation is 1. The molecule has 0 aliphatic carbocycles. The normalized spacial score (nSPS) is 14.8. The SMILES string of the molecule is CC(C)(C)OC(=O)[C@H](Cc1ccccc1)NC(=O)[C@H](CCCc1ccccc1)[C@@](C)(O)C(=O)NO. The van der Waals surface area contributed by atoms with Crippen LogP contribution < -0.4 is 10.8 Å². The summed E-state index contributed by atoms with van der Waals surface area (Å²) in [4.78, 5) is 38.6. The van der Waals surface area contributed by atoms with Crippen LogP contribution in [0.25, 0.3) is 0 Å². The summed E-state index contributed by atoms with van der Waals surface area (Å²) in [5, 5.41) is 22.7. The topological polar surface area (TPSA) is 125 Å². The highest BCUT2D eigenvalue weighted by atomic mass is 16.6. The summed E-state index contributed by atoms with van der Waals surface area (Å²) < 4.78 is 5.51. The second kappa shape index (κ2) is 12.5. The minimum Gasteiger partial charge on any atom is -0.458 e. The number of benzene rings is 2. The van der Waals surface area contributed by atoms with E-state index in [1.165, 1.54) is 12.4 Å². The number of hydroxylamine groups is 1. The quantitative estimate of drug-likeness (QED) is 0.221. The van der Waals surface area contributed by atoms with Crippen molar-refractivity contribution >= 4 is 17.8 Å². The van der Waals surface area contributed by atoms with E-state index in [1.807, 2.05) is 60.7 Å². The molecule has 0 unspecified atom stereocenters. The fourth-order valence-corrected chi connectivity index (χ4v) is 3.78. The Hall–Kier alpha value is -3.23. The fourth-order valence-electron chi connectivity index (χ4n) is 3.78. The Kier molecular flexibility index (Phi) is 9.98. The molecule has 35 heavy (non-hydrogen) atoms. The van der Waals surface area contributed by atoms with E-state index in [9.17, 15) is 19.5 Å². The molecule has 0 aliphatic rings. The van der Waals surface area contributed by atoms with Crippen LogP contribution in [-0.4, -0.2) is 45.3 Å². The molecule has 190 valence electrons. The van der Waals surface area contributed by atoms with Gasteiger partial charge in [-0.1, -0.05) is 60.7 Å². The van der Waals surface area contributed by atoms with Crippen molar-refractivity contribution < 1.29 is 29.4 Å². The summed E-state index contributed by atoms with van der Waals surface area (Å²) in [5.41, 5.74) is 0.317. The highest BCUT2D eigenvalue weighted by molar-refractivity contribution is 5.93. The molecule has 3 atom stereocenters. The largest absolute Gasteiger partial charge is 0.458 e. The molecule has 8 heteroatoms. The molecular weight excluding hydrogens is 448 g/mol. The molecule has 0 heterocycles. The van der Waals surface area contributed by atoms with Gasteiger partial charge in [0.05, 0.1) is 5.92 Å². The smallest absolute Gasteiger partial charge is 0.329 e. The molecule has 2 aromatic carbocycles. The Labute approximate surface area is 206 Å². The van der Waals surface area contributed by atoms with Gasteiger partial charge in [-0.15, -0.1) is 0 Å². The van der Waals surface area contributed by atoms with Crippen LogP contribution in [0, 0.1) is 5.92 Å². The van der Waals surface area contributed by atoms with Crippen LogP contribution in [0.4, 0.5) is 0 Å². The molecule has 0 radical (unpaired) electrons. The van der Waals surface area contributed by atoms with Gasteiger partial charge in [0.1, 0.15) is 11.6 Å². The minimum atomic E-state index is -2.21. The number of esters is 1. The lowest BCUT2D eigenvalue weighted by Crippen LogP contribution is -2.56. The summed E-state index contributed by atoms with van der Waals surface area (Å²) in [6.45, 7) is 6.37. The van der Waals surface area contributed by atoms with Gasteiger partial charge >= 0.3 is 5.97 Å². The number of amides is 2. The van der Waals surface area contributed by atoms with Crippen molar-refractivity contribution in [2.75, 3.05) is 0 Å². The monoisotopic (exact) mass is 484 g/mol. The molecular formula is C27H36N2O6. The van der Waals surface area contributed by atoms with Gasteiger partial charge in [-0.05, 0) is 58.1 Å². The first-order chi connectivity index (χ1) is 16.4. The number of carbonyl (C=O) groups is 3. The molecule has 2 amide bonds. The molecule has 0 fully saturated rings. The molecule has 4 N–H and O–H groups in total. The van der Waals surface area contributed by atoms with E-state index in [2.05, 4.69) is 5.32 Å². The van der Waals surface area contributed by atoms with E-state index < -0.39 is 40.9 Å². The molecule has 2 aromatic rings. The van der Waals surface area contributed by atoms with E-state index in [4.69, 9.17) is 9.94 Å². The first-order valence-corrected chi connectivity index (χ1v) is 11.7. The molecule has 0 bridgehead atoms. The van der Waals surface area contributed by atoms with Crippen LogP contribution in [0.5, 0.6) is 0 Å². The minimum absolute atomic E-state index is 0.146. The summed E-state index contributed by atoms with van der Waals surface area (Å²) in [5.74, 6) is -3.63. The maximum atomic E-state index is 13.4. The number of ether oxygens (including phenoxy) is 1. The third-order valence-corrected chi connectivity index (χ3v) is 5.65. The molecule has 0 aromatic heterocycles. The molecule has 0 saturated carbocycles. The van der Waals surface area contributed by atoms with Gasteiger partial charge in [-0.3, -0.25) is 14.8 Å². The second-order valence-electron chi connectivity index (χ2n) is 9.80. The van der Waals surface area contributed by atoms with E-state index in [-0.39, 0.29) is 12.8 Å². The van der Waals surface area contributed by atoms with Gasteiger partial charge in [-0.25, -0.2) is 10.3 Å². The van der Waals surface area contributed by atoms with Crippen LogP contribution >= 0.6 is 0 Å². The maximum Gasteiger partial charge on any atom is 0.329 e. The summed E-state index contributed by atoms with van der Waals surface area (Å²) >= 11 is 0. The average molecular weight is 485 g/mol. The van der Waals surface area contributed by atoms with E-state index in [0.717, 1.165) is 11.1 Å². The number of nitrogens with one attached hydrogen (secondary N) is 2. The zero-order valence-electron chi connectivity index (χ0n) is 20.8. The van der Waals surface area contributed by atoms with Crippen LogP contribution in [0.15, 0.2) is 60.7 Å². The average Bonchev–Trinajstić information content (AvgIpc) is 2.80. The Morgan fingerprint density at radius 2 is 1.46 bits per heavy atom. The van der Waals surface area contributed by atoms with Crippen LogP contribution in [-0.2, 0) is 32.0 Å². The number of carbonyl (C=O) groups excluding carboxylic acids is 3. The third kappa shape index (κ3) is 8.81.